The van der Waals surface area contributed by atoms with Crippen molar-refractivity contribution in [3.8, 4) is 0 Å². The summed E-state index contributed by atoms with van der Waals surface area (Å²) >= 11 is 0. The summed E-state index contributed by atoms with van der Waals surface area (Å²) in [5.41, 5.74) is 0.774. The minimum absolute atomic E-state index is 0.0646. The van der Waals surface area contributed by atoms with Gasteiger partial charge in [0.25, 0.3) is 0 Å². The van der Waals surface area contributed by atoms with Crippen LogP contribution in [0.15, 0.2) is 55.1 Å². The monoisotopic (exact) mass is 341 g/mol. The zero-order valence-electron chi connectivity index (χ0n) is 14.1. The van der Waals surface area contributed by atoms with E-state index in [0.717, 1.165) is 5.56 Å². The number of rotatable bonds is 6. The van der Waals surface area contributed by atoms with Gasteiger partial charge in [-0.2, -0.15) is 5.10 Å². The Morgan fingerprint density at radius 2 is 2.00 bits per heavy atom. The third-order valence-electron chi connectivity index (χ3n) is 4.08. The maximum Gasteiger partial charge on any atom is 0.222 e. The Labute approximate surface area is 145 Å². The Kier molecular flexibility index (Phi) is 4.92. The Morgan fingerprint density at radius 3 is 2.60 bits per heavy atom. The second-order valence-electron chi connectivity index (χ2n) is 5.99. The van der Waals surface area contributed by atoms with Gasteiger partial charge in [-0.05, 0) is 30.7 Å². The van der Waals surface area contributed by atoms with E-state index >= 15 is 0 Å². The number of hydrogen-bond acceptors (Lipinski definition) is 3. The third kappa shape index (κ3) is 3.93. The van der Waals surface area contributed by atoms with Crippen LogP contribution in [0.5, 0.6) is 0 Å². The maximum atomic E-state index is 13.2. The SMILES string of the molecule is C[C@H](CC(=O)N[C@H](c1ccc(F)cc1)c1nccn1C)n1cccn1. The summed E-state index contributed by atoms with van der Waals surface area (Å²) < 4.78 is 16.8. The van der Waals surface area contributed by atoms with Crippen molar-refractivity contribution in [1.82, 2.24) is 24.6 Å². The van der Waals surface area contributed by atoms with Gasteiger partial charge in [-0.1, -0.05) is 12.1 Å². The number of amides is 1. The van der Waals surface area contributed by atoms with E-state index in [0.29, 0.717) is 5.82 Å². The zero-order valence-corrected chi connectivity index (χ0v) is 14.1. The van der Waals surface area contributed by atoms with Gasteiger partial charge in [0, 0.05) is 38.3 Å². The van der Waals surface area contributed by atoms with Gasteiger partial charge in [0.15, 0.2) is 0 Å². The normalized spacial score (nSPS) is 13.4. The minimum atomic E-state index is -0.446. The van der Waals surface area contributed by atoms with Crippen molar-refractivity contribution in [3.63, 3.8) is 0 Å². The summed E-state index contributed by atoms with van der Waals surface area (Å²) in [7, 11) is 1.86. The fourth-order valence-corrected chi connectivity index (χ4v) is 2.73. The average Bonchev–Trinajstić information content (AvgIpc) is 3.25. The van der Waals surface area contributed by atoms with E-state index in [1.807, 2.05) is 37.0 Å². The van der Waals surface area contributed by atoms with Gasteiger partial charge >= 0.3 is 0 Å². The van der Waals surface area contributed by atoms with Gasteiger partial charge in [-0.25, -0.2) is 9.37 Å². The number of hydrogen-bond donors (Lipinski definition) is 1. The molecule has 0 radical (unpaired) electrons. The molecule has 3 aromatic rings. The first kappa shape index (κ1) is 16.9. The van der Waals surface area contributed by atoms with E-state index in [2.05, 4.69) is 15.4 Å². The lowest BCUT2D eigenvalue weighted by Gasteiger charge is -2.20. The van der Waals surface area contributed by atoms with Gasteiger partial charge in [-0.15, -0.1) is 0 Å². The molecular formula is C18H20FN5O. The Bertz CT molecular complexity index is 826. The smallest absolute Gasteiger partial charge is 0.222 e. The Balaban J connectivity index is 1.79. The molecular weight excluding hydrogens is 321 g/mol. The highest BCUT2D eigenvalue weighted by molar-refractivity contribution is 5.77. The number of benzene rings is 1. The van der Waals surface area contributed by atoms with E-state index in [9.17, 15) is 9.18 Å². The highest BCUT2D eigenvalue weighted by atomic mass is 19.1. The lowest BCUT2D eigenvalue weighted by Crippen LogP contribution is -2.32. The molecule has 0 aliphatic carbocycles. The van der Waals surface area contributed by atoms with Gasteiger partial charge in [0.1, 0.15) is 17.7 Å². The second kappa shape index (κ2) is 7.29. The molecule has 1 aromatic carbocycles. The van der Waals surface area contributed by atoms with Crippen LogP contribution < -0.4 is 5.32 Å². The lowest BCUT2D eigenvalue weighted by atomic mass is 10.1. The minimum Gasteiger partial charge on any atom is -0.342 e. The number of carbonyl (C=O) groups excluding carboxylic acids is 1. The van der Waals surface area contributed by atoms with Gasteiger partial charge in [0.2, 0.25) is 5.91 Å². The predicted molar refractivity (Wildman–Crippen MR) is 91.1 cm³/mol. The van der Waals surface area contributed by atoms with Crippen molar-refractivity contribution in [2.75, 3.05) is 0 Å². The Hall–Kier alpha value is -2.96. The molecule has 2 aromatic heterocycles. The number of nitrogens with zero attached hydrogens (tertiary/aromatic N) is 4. The molecule has 0 saturated carbocycles. The largest absolute Gasteiger partial charge is 0.342 e. The standard InChI is InChI=1S/C18H20FN5O/c1-13(24-10-3-8-21-24)12-16(25)22-17(18-20-9-11-23(18)2)14-4-6-15(19)7-5-14/h3-11,13,17H,12H2,1-2H3,(H,22,25)/t13-,17-/m1/s1. The topological polar surface area (TPSA) is 64.7 Å². The first-order valence-electron chi connectivity index (χ1n) is 8.06. The fourth-order valence-electron chi connectivity index (χ4n) is 2.73. The van der Waals surface area contributed by atoms with Gasteiger partial charge in [-0.3, -0.25) is 9.48 Å². The number of aryl methyl sites for hydroxylation is 1. The number of imidazole rings is 1. The molecule has 0 bridgehead atoms. The summed E-state index contributed by atoms with van der Waals surface area (Å²) in [5.74, 6) is 0.244. The quantitative estimate of drug-likeness (QED) is 0.749. The molecule has 0 spiro atoms. The van der Waals surface area contributed by atoms with Crippen LogP contribution in [0.25, 0.3) is 0 Å². The van der Waals surface area contributed by atoms with Crippen LogP contribution in [0.4, 0.5) is 4.39 Å². The number of halogens is 1. The second-order valence-corrected chi connectivity index (χ2v) is 5.99. The number of nitrogens with one attached hydrogen (secondary N) is 1. The lowest BCUT2D eigenvalue weighted by molar-refractivity contribution is -0.122. The van der Waals surface area contributed by atoms with Crippen molar-refractivity contribution in [1.29, 1.82) is 0 Å². The van der Waals surface area contributed by atoms with Crippen LogP contribution in [-0.4, -0.2) is 25.2 Å². The van der Waals surface area contributed by atoms with Crippen LogP contribution in [0.2, 0.25) is 0 Å². The first-order chi connectivity index (χ1) is 12.0. The van der Waals surface area contributed by atoms with Crippen molar-refractivity contribution < 1.29 is 9.18 Å². The highest BCUT2D eigenvalue weighted by Crippen LogP contribution is 2.21. The summed E-state index contributed by atoms with van der Waals surface area (Å²) in [6.45, 7) is 1.93. The summed E-state index contributed by atoms with van der Waals surface area (Å²) in [6, 6.07) is 7.39. The molecule has 1 amide bonds. The van der Waals surface area contributed by atoms with E-state index in [4.69, 9.17) is 0 Å². The molecule has 3 rings (SSSR count). The van der Waals surface area contributed by atoms with Crippen molar-refractivity contribution in [3.05, 3.63) is 72.3 Å². The molecule has 0 aliphatic rings. The van der Waals surface area contributed by atoms with Crippen LogP contribution >= 0.6 is 0 Å². The van der Waals surface area contributed by atoms with E-state index in [-0.39, 0.29) is 24.2 Å². The van der Waals surface area contributed by atoms with Crippen LogP contribution in [0.1, 0.15) is 36.8 Å². The van der Waals surface area contributed by atoms with Crippen LogP contribution in [-0.2, 0) is 11.8 Å². The van der Waals surface area contributed by atoms with Crippen LogP contribution in [0, 0.1) is 5.82 Å². The van der Waals surface area contributed by atoms with Crippen molar-refractivity contribution in [2.45, 2.75) is 25.4 Å². The number of carbonyl (C=O) groups is 1. The Morgan fingerprint density at radius 1 is 1.24 bits per heavy atom. The molecule has 2 atom stereocenters. The fraction of sp³-hybridized carbons (Fsp3) is 0.278. The van der Waals surface area contributed by atoms with E-state index < -0.39 is 6.04 Å². The summed E-state index contributed by atoms with van der Waals surface area (Å²) in [6.07, 6.45) is 7.27. The number of aromatic nitrogens is 4. The maximum absolute atomic E-state index is 13.2. The van der Waals surface area contributed by atoms with Crippen LogP contribution in [0.3, 0.4) is 0 Å². The molecule has 130 valence electrons. The third-order valence-corrected chi connectivity index (χ3v) is 4.08. The molecule has 25 heavy (non-hydrogen) atoms. The molecule has 0 unspecified atom stereocenters. The summed E-state index contributed by atoms with van der Waals surface area (Å²) in [4.78, 5) is 16.9. The molecule has 0 fully saturated rings. The summed E-state index contributed by atoms with van der Waals surface area (Å²) in [5, 5.41) is 7.16. The van der Waals surface area contributed by atoms with E-state index in [1.165, 1.54) is 12.1 Å². The molecule has 2 heterocycles. The molecule has 6 nitrogen and oxygen atoms in total. The molecule has 0 aliphatic heterocycles. The molecule has 7 heteroatoms. The van der Waals surface area contributed by atoms with Crippen molar-refractivity contribution in [2.24, 2.45) is 7.05 Å². The average molecular weight is 341 g/mol. The predicted octanol–water partition coefficient (Wildman–Crippen LogP) is 2.61. The van der Waals surface area contributed by atoms with Gasteiger partial charge in [0.05, 0.1) is 6.04 Å². The van der Waals surface area contributed by atoms with E-state index in [1.54, 1.807) is 29.2 Å². The van der Waals surface area contributed by atoms with Crippen molar-refractivity contribution >= 4 is 5.91 Å². The zero-order chi connectivity index (χ0) is 17.8. The molecule has 1 N–H and O–H groups in total. The highest BCUT2D eigenvalue weighted by Gasteiger charge is 2.22. The molecule has 0 saturated heterocycles. The first-order valence-corrected chi connectivity index (χ1v) is 8.06. The van der Waals surface area contributed by atoms with Gasteiger partial charge < -0.3 is 9.88 Å².